The molecule has 13 nitrogen and oxygen atoms in total. The highest BCUT2D eigenvalue weighted by molar-refractivity contribution is 6.33. The van der Waals surface area contributed by atoms with Gasteiger partial charge in [0.1, 0.15) is 17.9 Å². The smallest absolute Gasteiger partial charge is 0.262 e. The van der Waals surface area contributed by atoms with Crippen molar-refractivity contribution < 1.29 is 33.5 Å². The highest BCUT2D eigenvalue weighted by atomic mass is 35.5. The van der Waals surface area contributed by atoms with Gasteiger partial charge >= 0.3 is 0 Å². The summed E-state index contributed by atoms with van der Waals surface area (Å²) in [7, 11) is 0. The zero-order valence-corrected chi connectivity index (χ0v) is 30.1. The van der Waals surface area contributed by atoms with E-state index in [4.69, 9.17) is 22.9 Å². The normalized spacial score (nSPS) is 22.6. The number of hydrogen-bond acceptors (Lipinski definition) is 8. The number of nitrogens with zero attached hydrogens (tertiary/aromatic N) is 4. The Balaban J connectivity index is 0.781. The molecule has 2 N–H and O–H groups in total. The van der Waals surface area contributed by atoms with Crippen molar-refractivity contribution in [2.45, 2.75) is 69.8 Å². The molecule has 3 fully saturated rings. The molecule has 1 saturated carbocycles. The summed E-state index contributed by atoms with van der Waals surface area (Å²) >= 11 is 6.10. The molecule has 0 spiro atoms. The van der Waals surface area contributed by atoms with Crippen LogP contribution >= 0.6 is 11.6 Å². The summed E-state index contributed by atoms with van der Waals surface area (Å²) in [6, 6.07) is 14.3. The summed E-state index contributed by atoms with van der Waals surface area (Å²) in [6.45, 7) is 10.5. The SMILES string of the molecule is [C-]#[N+]c1ccc(OC2CC(NC(=O)c3ccc(C(=O)N4CCC(CN5Cc6cc7c(cc6C5)C(=O)N(C5CCC(=O)NC5=O)C7=O)CC4)cc3)C2)cc1Cl. The fraction of sp³-hybridized carbons (Fsp3) is 0.375. The van der Waals surface area contributed by atoms with E-state index in [1.165, 1.54) is 0 Å². The molecule has 0 aromatic heterocycles. The Morgan fingerprint density at radius 1 is 0.889 bits per heavy atom. The van der Waals surface area contributed by atoms with E-state index in [2.05, 4.69) is 20.4 Å². The van der Waals surface area contributed by atoms with Gasteiger partial charge < -0.3 is 15.0 Å². The third kappa shape index (κ3) is 6.83. The Hall–Kier alpha value is -5.58. The van der Waals surface area contributed by atoms with E-state index in [1.807, 2.05) is 4.90 Å². The van der Waals surface area contributed by atoms with Gasteiger partial charge in [-0.25, -0.2) is 4.85 Å². The largest absolute Gasteiger partial charge is 0.490 e. The molecular formula is C40H37ClN6O7. The van der Waals surface area contributed by atoms with Crippen LogP contribution in [0.1, 0.15) is 91.1 Å². The van der Waals surface area contributed by atoms with Crippen molar-refractivity contribution in [3.63, 3.8) is 0 Å². The fourth-order valence-corrected chi connectivity index (χ4v) is 8.30. The Kier molecular flexibility index (Phi) is 9.41. The zero-order valence-electron chi connectivity index (χ0n) is 29.3. The van der Waals surface area contributed by atoms with Crippen LogP contribution in [-0.4, -0.2) is 88.0 Å². The molecule has 3 aromatic rings. The molecule has 0 radical (unpaired) electrons. The Morgan fingerprint density at radius 3 is 2.15 bits per heavy atom. The van der Waals surface area contributed by atoms with Crippen LogP contribution in [0.2, 0.25) is 5.02 Å². The quantitative estimate of drug-likeness (QED) is 0.253. The molecule has 3 aromatic carbocycles. The van der Waals surface area contributed by atoms with Crippen LogP contribution in [0.25, 0.3) is 4.85 Å². The first-order valence-corrected chi connectivity index (χ1v) is 18.6. The summed E-state index contributed by atoms with van der Waals surface area (Å²) in [5, 5.41) is 5.60. The molecule has 5 aliphatic rings. The highest BCUT2D eigenvalue weighted by Crippen LogP contribution is 2.35. The molecule has 4 heterocycles. The van der Waals surface area contributed by atoms with Crippen LogP contribution in [0.5, 0.6) is 5.75 Å². The van der Waals surface area contributed by atoms with Gasteiger partial charge in [-0.1, -0.05) is 17.7 Å². The van der Waals surface area contributed by atoms with Crippen LogP contribution in [0.4, 0.5) is 5.69 Å². The topological polar surface area (TPSA) is 150 Å². The minimum atomic E-state index is -0.983. The second-order valence-electron chi connectivity index (χ2n) is 14.7. The third-order valence-electron chi connectivity index (χ3n) is 11.1. The van der Waals surface area contributed by atoms with Gasteiger partial charge in [-0.05, 0) is 84.8 Å². The van der Waals surface area contributed by atoms with Gasteiger partial charge in [0.25, 0.3) is 23.6 Å². The number of amides is 6. The van der Waals surface area contributed by atoms with Gasteiger partial charge in [0.15, 0.2) is 0 Å². The standard InChI is InChI=1S/C40H37ClN6O7/c1-42-33-7-6-28(18-32(33)41)54-29-16-27(17-29)43-36(49)23-2-4-24(5-3-23)38(51)46-12-10-22(11-13-46)19-45-20-25-14-30-31(15-26(25)21-45)40(53)47(39(30)52)34-8-9-35(48)44-37(34)50/h2-7,14-15,18,22,27,29,34H,8-13,16-17,19-21H2,(H,43,49)(H,44,48,50). The predicted octanol–water partition coefficient (Wildman–Crippen LogP) is 4.50. The Bertz CT molecular complexity index is 2090. The number of hydrogen-bond donors (Lipinski definition) is 2. The lowest BCUT2D eigenvalue weighted by molar-refractivity contribution is -0.136. The number of likely N-dealkylation sites (tertiary alicyclic amines) is 1. The van der Waals surface area contributed by atoms with Crippen molar-refractivity contribution in [2.75, 3.05) is 19.6 Å². The third-order valence-corrected chi connectivity index (χ3v) is 11.4. The van der Waals surface area contributed by atoms with Crippen molar-refractivity contribution in [2.24, 2.45) is 5.92 Å². The second kappa shape index (κ2) is 14.3. The van der Waals surface area contributed by atoms with E-state index in [1.54, 1.807) is 54.6 Å². The number of ether oxygens (including phenoxy) is 1. The molecule has 2 saturated heterocycles. The van der Waals surface area contributed by atoms with Crippen LogP contribution in [0, 0.1) is 12.5 Å². The van der Waals surface area contributed by atoms with Crippen molar-refractivity contribution >= 4 is 52.7 Å². The average molecular weight is 749 g/mol. The summed E-state index contributed by atoms with van der Waals surface area (Å²) in [5.74, 6) is -1.31. The van der Waals surface area contributed by atoms with E-state index in [0.717, 1.165) is 35.4 Å². The molecule has 1 unspecified atom stereocenters. The maximum Gasteiger partial charge on any atom is 0.262 e. The molecule has 4 aliphatic heterocycles. The van der Waals surface area contributed by atoms with Gasteiger partial charge in [0, 0.05) is 69.2 Å². The van der Waals surface area contributed by atoms with Gasteiger partial charge in [-0.2, -0.15) is 0 Å². The van der Waals surface area contributed by atoms with E-state index in [-0.39, 0.29) is 36.8 Å². The van der Waals surface area contributed by atoms with E-state index in [0.29, 0.717) is 83.7 Å². The van der Waals surface area contributed by atoms with Crippen LogP contribution < -0.4 is 15.4 Å². The van der Waals surface area contributed by atoms with Crippen LogP contribution in [0.3, 0.4) is 0 Å². The molecule has 0 bridgehead atoms. The maximum absolute atomic E-state index is 13.3. The molecule has 1 aliphatic carbocycles. The lowest BCUT2D eigenvalue weighted by Crippen LogP contribution is -2.54. The second-order valence-corrected chi connectivity index (χ2v) is 15.1. The number of piperidine rings is 2. The average Bonchev–Trinajstić information content (AvgIpc) is 3.65. The number of imide groups is 2. The molecule has 276 valence electrons. The predicted molar refractivity (Wildman–Crippen MR) is 195 cm³/mol. The number of rotatable bonds is 8. The van der Waals surface area contributed by atoms with Crippen molar-refractivity contribution in [1.29, 1.82) is 0 Å². The fourth-order valence-electron chi connectivity index (χ4n) is 8.09. The maximum atomic E-state index is 13.3. The number of fused-ring (bicyclic) bond motifs is 2. The molecule has 6 amide bonds. The molecular weight excluding hydrogens is 712 g/mol. The lowest BCUT2D eigenvalue weighted by Gasteiger charge is -2.36. The van der Waals surface area contributed by atoms with E-state index >= 15 is 0 Å². The van der Waals surface area contributed by atoms with Crippen LogP contribution in [-0.2, 0) is 22.7 Å². The van der Waals surface area contributed by atoms with Crippen molar-refractivity contribution in [1.82, 2.24) is 25.3 Å². The first kappa shape index (κ1) is 35.4. The summed E-state index contributed by atoms with van der Waals surface area (Å²) in [4.78, 5) is 85.3. The number of carbonyl (C=O) groups is 6. The van der Waals surface area contributed by atoms with Gasteiger partial charge in [0.2, 0.25) is 17.5 Å². The Labute approximate surface area is 316 Å². The first-order valence-electron chi connectivity index (χ1n) is 18.2. The van der Waals surface area contributed by atoms with E-state index in [9.17, 15) is 28.8 Å². The number of benzene rings is 3. The van der Waals surface area contributed by atoms with Gasteiger partial charge in [-0.3, -0.25) is 43.9 Å². The zero-order chi connectivity index (χ0) is 37.7. The molecule has 54 heavy (non-hydrogen) atoms. The van der Waals surface area contributed by atoms with Gasteiger partial charge in [-0.15, -0.1) is 0 Å². The van der Waals surface area contributed by atoms with E-state index < -0.39 is 29.7 Å². The number of carbonyl (C=O) groups excluding carboxylic acids is 6. The lowest BCUT2D eigenvalue weighted by atomic mass is 9.89. The van der Waals surface area contributed by atoms with Crippen molar-refractivity contribution in [3.8, 4) is 5.75 Å². The Morgan fingerprint density at radius 2 is 1.54 bits per heavy atom. The monoisotopic (exact) mass is 748 g/mol. The minimum Gasteiger partial charge on any atom is -0.490 e. The van der Waals surface area contributed by atoms with Gasteiger partial charge in [0.05, 0.1) is 22.7 Å². The molecule has 8 rings (SSSR count). The summed E-state index contributed by atoms with van der Waals surface area (Å²) in [5.41, 5.74) is 3.97. The molecule has 1 atom stereocenters. The first-order chi connectivity index (χ1) is 26.0. The van der Waals surface area contributed by atoms with Crippen LogP contribution in [0.15, 0.2) is 54.6 Å². The number of nitrogens with one attached hydrogen (secondary N) is 2. The summed E-state index contributed by atoms with van der Waals surface area (Å²) < 4.78 is 5.92. The number of halogens is 1. The molecule has 14 heteroatoms. The van der Waals surface area contributed by atoms with Crippen molar-refractivity contribution in [3.05, 3.63) is 104 Å². The summed E-state index contributed by atoms with van der Waals surface area (Å²) in [6.07, 6.45) is 3.15. The highest BCUT2D eigenvalue weighted by Gasteiger charge is 2.45. The minimum absolute atomic E-state index is 0.0233.